The Morgan fingerprint density at radius 2 is 1.72 bits per heavy atom. The molecular formula is C24H26N2O5S. The zero-order valence-corrected chi connectivity index (χ0v) is 18.5. The van der Waals surface area contributed by atoms with Crippen LogP contribution in [0.4, 0.5) is 4.79 Å². The third kappa shape index (κ3) is 4.91. The summed E-state index contributed by atoms with van der Waals surface area (Å²) in [6.07, 6.45) is 0.0392. The molecule has 4 rings (SSSR count). The second-order valence-corrected chi connectivity index (χ2v) is 9.07. The van der Waals surface area contributed by atoms with E-state index in [2.05, 4.69) is 29.6 Å². The van der Waals surface area contributed by atoms with Crippen LogP contribution in [0.5, 0.6) is 0 Å². The summed E-state index contributed by atoms with van der Waals surface area (Å²) in [4.78, 5) is 36.9. The minimum absolute atomic E-state index is 0.0234. The SMILES string of the molecule is O=C(NCCSCC(=O)N1CCC(C(=O)O)C1)OCC1c2ccccc2-c2ccccc21. The maximum atomic E-state index is 12.2. The summed E-state index contributed by atoms with van der Waals surface area (Å²) in [6, 6.07) is 16.4. The highest BCUT2D eigenvalue weighted by Crippen LogP contribution is 2.44. The number of ether oxygens (including phenoxy) is 1. The number of aliphatic carboxylic acids is 1. The molecule has 1 atom stereocenters. The smallest absolute Gasteiger partial charge is 0.407 e. The van der Waals surface area contributed by atoms with Crippen LogP contribution in [0, 0.1) is 5.92 Å². The normalized spacial score (nSPS) is 17.0. The highest BCUT2D eigenvalue weighted by molar-refractivity contribution is 7.99. The number of carbonyl (C=O) groups excluding carboxylic acids is 2. The summed E-state index contributed by atoms with van der Waals surface area (Å²) >= 11 is 1.42. The van der Waals surface area contributed by atoms with Gasteiger partial charge in [0.1, 0.15) is 6.61 Å². The molecule has 1 unspecified atom stereocenters. The van der Waals surface area contributed by atoms with Crippen molar-refractivity contribution in [3.63, 3.8) is 0 Å². The van der Waals surface area contributed by atoms with Crippen LogP contribution >= 0.6 is 11.8 Å². The summed E-state index contributed by atoms with van der Waals surface area (Å²) < 4.78 is 5.49. The van der Waals surface area contributed by atoms with E-state index in [-0.39, 0.29) is 30.7 Å². The first-order valence-corrected chi connectivity index (χ1v) is 11.9. The lowest BCUT2D eigenvalue weighted by Crippen LogP contribution is -2.32. The number of hydrogen-bond donors (Lipinski definition) is 2. The van der Waals surface area contributed by atoms with Gasteiger partial charge in [0, 0.05) is 31.3 Å². The van der Waals surface area contributed by atoms with E-state index in [1.165, 1.54) is 34.0 Å². The molecule has 8 heteroatoms. The minimum atomic E-state index is -0.847. The highest BCUT2D eigenvalue weighted by Gasteiger charge is 2.31. The maximum Gasteiger partial charge on any atom is 0.407 e. The first kappa shape index (κ1) is 22.2. The predicted octanol–water partition coefficient (Wildman–Crippen LogP) is 3.19. The molecule has 0 spiro atoms. The van der Waals surface area contributed by atoms with Crippen molar-refractivity contribution in [3.05, 3.63) is 59.7 Å². The number of hydrogen-bond acceptors (Lipinski definition) is 5. The van der Waals surface area contributed by atoms with Gasteiger partial charge in [0.25, 0.3) is 0 Å². The van der Waals surface area contributed by atoms with Crippen LogP contribution in [-0.2, 0) is 14.3 Å². The van der Waals surface area contributed by atoms with Crippen molar-refractivity contribution in [1.29, 1.82) is 0 Å². The van der Waals surface area contributed by atoms with E-state index in [1.807, 2.05) is 24.3 Å². The number of fused-ring (bicyclic) bond motifs is 3. The molecule has 2 aliphatic rings. The number of amides is 2. The second kappa shape index (κ2) is 10.1. The van der Waals surface area contributed by atoms with E-state index in [4.69, 9.17) is 9.84 Å². The number of nitrogens with zero attached hydrogens (tertiary/aromatic N) is 1. The molecule has 2 N–H and O–H groups in total. The number of rotatable bonds is 8. The van der Waals surface area contributed by atoms with Crippen molar-refractivity contribution < 1.29 is 24.2 Å². The molecule has 0 bridgehead atoms. The monoisotopic (exact) mass is 454 g/mol. The Morgan fingerprint density at radius 3 is 2.34 bits per heavy atom. The van der Waals surface area contributed by atoms with Gasteiger partial charge in [-0.1, -0.05) is 48.5 Å². The number of likely N-dealkylation sites (tertiary alicyclic amines) is 1. The molecule has 1 heterocycles. The first-order valence-electron chi connectivity index (χ1n) is 10.7. The molecule has 168 valence electrons. The molecule has 1 saturated heterocycles. The third-order valence-electron chi connectivity index (χ3n) is 5.98. The van der Waals surface area contributed by atoms with E-state index < -0.39 is 18.0 Å². The van der Waals surface area contributed by atoms with Crippen molar-refractivity contribution in [3.8, 4) is 11.1 Å². The Morgan fingerprint density at radius 1 is 1.06 bits per heavy atom. The van der Waals surface area contributed by atoms with Crippen molar-refractivity contribution in [2.75, 3.05) is 37.7 Å². The lowest BCUT2D eigenvalue weighted by Gasteiger charge is -2.16. The Hall–Kier alpha value is -3.00. The molecule has 1 aliphatic heterocycles. The lowest BCUT2D eigenvalue weighted by atomic mass is 9.98. The zero-order chi connectivity index (χ0) is 22.5. The van der Waals surface area contributed by atoms with E-state index >= 15 is 0 Å². The topological polar surface area (TPSA) is 95.9 Å². The van der Waals surface area contributed by atoms with Crippen LogP contribution < -0.4 is 5.32 Å². The molecule has 7 nitrogen and oxygen atoms in total. The molecule has 1 aliphatic carbocycles. The summed E-state index contributed by atoms with van der Waals surface area (Å²) in [5, 5.41) is 11.8. The fourth-order valence-electron chi connectivity index (χ4n) is 4.31. The first-order chi connectivity index (χ1) is 15.5. The number of carbonyl (C=O) groups is 3. The van der Waals surface area contributed by atoms with Crippen LogP contribution in [0.2, 0.25) is 0 Å². The largest absolute Gasteiger partial charge is 0.481 e. The number of alkyl carbamates (subject to hydrolysis) is 1. The summed E-state index contributed by atoms with van der Waals surface area (Å²) in [5.41, 5.74) is 4.71. The molecule has 1 fully saturated rings. The van der Waals surface area contributed by atoms with Gasteiger partial charge in [0.15, 0.2) is 0 Å². The second-order valence-electron chi connectivity index (χ2n) is 7.97. The van der Waals surface area contributed by atoms with Gasteiger partial charge >= 0.3 is 12.1 Å². The van der Waals surface area contributed by atoms with E-state index in [0.717, 1.165) is 0 Å². The number of carboxylic acids is 1. The van der Waals surface area contributed by atoms with Crippen LogP contribution in [0.1, 0.15) is 23.5 Å². The van der Waals surface area contributed by atoms with Crippen molar-refractivity contribution in [1.82, 2.24) is 10.2 Å². The van der Waals surface area contributed by atoms with Crippen molar-refractivity contribution in [2.45, 2.75) is 12.3 Å². The Labute approximate surface area is 191 Å². The van der Waals surface area contributed by atoms with Crippen molar-refractivity contribution in [2.24, 2.45) is 5.92 Å². The van der Waals surface area contributed by atoms with Gasteiger partial charge in [-0.15, -0.1) is 0 Å². The van der Waals surface area contributed by atoms with Gasteiger partial charge in [-0.3, -0.25) is 9.59 Å². The number of benzene rings is 2. The summed E-state index contributed by atoms with van der Waals surface area (Å²) in [5.74, 6) is -0.486. The molecule has 0 aromatic heterocycles. The fraction of sp³-hybridized carbons (Fsp3) is 0.375. The van der Waals surface area contributed by atoms with Gasteiger partial charge in [0.2, 0.25) is 5.91 Å². The average Bonchev–Trinajstić information content (AvgIpc) is 3.41. The Bertz CT molecular complexity index is 966. The Kier molecular flexibility index (Phi) is 6.99. The van der Waals surface area contributed by atoms with Crippen molar-refractivity contribution >= 4 is 29.7 Å². The third-order valence-corrected chi connectivity index (χ3v) is 6.92. The molecule has 0 saturated carbocycles. The van der Waals surface area contributed by atoms with Crippen LogP contribution in [0.15, 0.2) is 48.5 Å². The van der Waals surface area contributed by atoms with Gasteiger partial charge in [-0.05, 0) is 28.7 Å². The van der Waals surface area contributed by atoms with Gasteiger partial charge < -0.3 is 20.1 Å². The molecule has 0 radical (unpaired) electrons. The molecule has 32 heavy (non-hydrogen) atoms. The van der Waals surface area contributed by atoms with Gasteiger partial charge in [0.05, 0.1) is 11.7 Å². The van der Waals surface area contributed by atoms with Gasteiger partial charge in [-0.2, -0.15) is 11.8 Å². The number of nitrogens with one attached hydrogen (secondary N) is 1. The Balaban J connectivity index is 1.17. The average molecular weight is 455 g/mol. The molecular weight excluding hydrogens is 428 g/mol. The summed E-state index contributed by atoms with van der Waals surface area (Å²) in [6.45, 7) is 1.44. The molecule has 2 amide bonds. The number of carboxylic acid groups (broad SMARTS) is 1. The van der Waals surface area contributed by atoms with E-state index in [9.17, 15) is 14.4 Å². The lowest BCUT2D eigenvalue weighted by molar-refractivity contribution is -0.141. The van der Waals surface area contributed by atoms with Crippen LogP contribution in [0.3, 0.4) is 0 Å². The maximum absolute atomic E-state index is 12.2. The van der Waals surface area contributed by atoms with Crippen LogP contribution in [-0.4, -0.2) is 65.7 Å². The summed E-state index contributed by atoms with van der Waals surface area (Å²) in [7, 11) is 0. The number of thioether (sulfide) groups is 1. The predicted molar refractivity (Wildman–Crippen MR) is 123 cm³/mol. The van der Waals surface area contributed by atoms with E-state index in [1.54, 1.807) is 4.90 Å². The standard InChI is InChI=1S/C24H26N2O5S/c27-22(26-11-9-16(13-26)23(28)29)15-32-12-10-25-24(30)31-14-21-19-7-3-1-5-17(19)18-6-2-4-8-20(18)21/h1-8,16,21H,9-15H2,(H,25,30)(H,28,29). The molecule has 2 aromatic carbocycles. The minimum Gasteiger partial charge on any atom is -0.481 e. The zero-order valence-electron chi connectivity index (χ0n) is 17.7. The van der Waals surface area contributed by atoms with E-state index in [0.29, 0.717) is 25.3 Å². The fourth-order valence-corrected chi connectivity index (χ4v) is 5.06. The molecule has 2 aromatic rings. The quantitative estimate of drug-likeness (QED) is 0.595. The van der Waals surface area contributed by atoms with Gasteiger partial charge in [-0.25, -0.2) is 4.79 Å². The van der Waals surface area contributed by atoms with Crippen LogP contribution in [0.25, 0.3) is 11.1 Å². The highest BCUT2D eigenvalue weighted by atomic mass is 32.2.